The Hall–Kier alpha value is 0.580. The Morgan fingerprint density at radius 1 is 0.812 bits per heavy atom. The molecular formula is C14H26Cl2. The van der Waals surface area contributed by atoms with Crippen LogP contribution in [0.1, 0.15) is 71.1 Å². The maximum Gasteiger partial charge on any atom is 0.0502 e. The fraction of sp³-hybridized carbons (Fsp3) is 1.00. The number of alkyl halides is 2. The van der Waals surface area contributed by atoms with Crippen molar-refractivity contribution >= 4 is 23.2 Å². The van der Waals surface area contributed by atoms with Crippen molar-refractivity contribution in [3.63, 3.8) is 0 Å². The standard InChI is InChI=1S/C8H14Cl2.C6H12/c1-2-6-3-4-7(9)8(10)5-6;1-2-4-6-5-3-1/h6-8H,2-5H2,1H3;1-6H2. The highest BCUT2D eigenvalue weighted by Gasteiger charge is 2.26. The highest BCUT2D eigenvalue weighted by Crippen LogP contribution is 2.32. The van der Waals surface area contributed by atoms with Crippen LogP contribution in [0, 0.1) is 5.92 Å². The predicted octanol–water partition coefficient (Wildman–Crippen LogP) is 5.75. The molecule has 0 aromatic rings. The van der Waals surface area contributed by atoms with Gasteiger partial charge in [0, 0.05) is 5.38 Å². The molecule has 96 valence electrons. The Kier molecular flexibility index (Phi) is 7.90. The maximum atomic E-state index is 6.01. The molecule has 0 radical (unpaired) electrons. The summed E-state index contributed by atoms with van der Waals surface area (Å²) < 4.78 is 0. The van der Waals surface area contributed by atoms with Gasteiger partial charge in [-0.2, -0.15) is 0 Å². The Bertz CT molecular complexity index is 155. The molecule has 16 heavy (non-hydrogen) atoms. The van der Waals surface area contributed by atoms with Crippen LogP contribution in [0.25, 0.3) is 0 Å². The number of hydrogen-bond donors (Lipinski definition) is 0. The zero-order valence-electron chi connectivity index (χ0n) is 10.6. The summed E-state index contributed by atoms with van der Waals surface area (Å²) in [4.78, 5) is 0. The summed E-state index contributed by atoms with van der Waals surface area (Å²) in [6, 6.07) is 0. The van der Waals surface area contributed by atoms with Crippen LogP contribution in [0.3, 0.4) is 0 Å². The second-order valence-corrected chi connectivity index (χ2v) is 6.36. The van der Waals surface area contributed by atoms with Crippen LogP contribution in [0.2, 0.25) is 0 Å². The molecule has 2 heteroatoms. The summed E-state index contributed by atoms with van der Waals surface area (Å²) in [5.41, 5.74) is 0. The molecule has 2 aliphatic carbocycles. The van der Waals surface area contributed by atoms with Crippen LogP contribution in [0.5, 0.6) is 0 Å². The zero-order chi connectivity index (χ0) is 11.8. The molecule has 0 aromatic heterocycles. The van der Waals surface area contributed by atoms with Crippen LogP contribution >= 0.6 is 23.2 Å². The molecule has 2 aliphatic rings. The summed E-state index contributed by atoms with van der Waals surface area (Å²) in [7, 11) is 0. The molecule has 0 aromatic carbocycles. The van der Waals surface area contributed by atoms with Gasteiger partial charge in [0.25, 0.3) is 0 Å². The fourth-order valence-electron chi connectivity index (χ4n) is 2.59. The Labute approximate surface area is 111 Å². The average molecular weight is 265 g/mol. The van der Waals surface area contributed by atoms with E-state index in [2.05, 4.69) is 6.92 Å². The van der Waals surface area contributed by atoms with Gasteiger partial charge in [0.1, 0.15) is 0 Å². The van der Waals surface area contributed by atoms with Crippen LogP contribution in [-0.2, 0) is 0 Å². The summed E-state index contributed by atoms with van der Waals surface area (Å²) in [6.45, 7) is 2.23. The van der Waals surface area contributed by atoms with Gasteiger partial charge in [0.15, 0.2) is 0 Å². The summed E-state index contributed by atoms with van der Waals surface area (Å²) in [6.07, 6.45) is 13.8. The maximum absolute atomic E-state index is 6.01. The van der Waals surface area contributed by atoms with Crippen molar-refractivity contribution in [3.05, 3.63) is 0 Å². The van der Waals surface area contributed by atoms with Crippen molar-refractivity contribution in [3.8, 4) is 0 Å². The largest absolute Gasteiger partial charge is 0.121 e. The van der Waals surface area contributed by atoms with Gasteiger partial charge in [0.2, 0.25) is 0 Å². The number of hydrogen-bond acceptors (Lipinski definition) is 0. The molecule has 0 bridgehead atoms. The normalized spacial score (nSPS) is 35.1. The molecule has 2 rings (SSSR count). The lowest BCUT2D eigenvalue weighted by Crippen LogP contribution is -2.25. The Balaban J connectivity index is 0.000000181. The van der Waals surface area contributed by atoms with E-state index >= 15 is 0 Å². The minimum atomic E-state index is 0.223. The average Bonchev–Trinajstić information content (AvgIpc) is 2.36. The van der Waals surface area contributed by atoms with Gasteiger partial charge < -0.3 is 0 Å². The first-order valence-corrected chi connectivity index (χ1v) is 7.89. The van der Waals surface area contributed by atoms with E-state index in [-0.39, 0.29) is 10.8 Å². The van der Waals surface area contributed by atoms with Gasteiger partial charge >= 0.3 is 0 Å². The van der Waals surface area contributed by atoms with Gasteiger partial charge in [-0.3, -0.25) is 0 Å². The van der Waals surface area contributed by atoms with Crippen molar-refractivity contribution in [2.75, 3.05) is 0 Å². The van der Waals surface area contributed by atoms with Crippen molar-refractivity contribution in [1.29, 1.82) is 0 Å². The van der Waals surface area contributed by atoms with Crippen molar-refractivity contribution in [2.24, 2.45) is 5.92 Å². The predicted molar refractivity (Wildman–Crippen MR) is 74.6 cm³/mol. The van der Waals surface area contributed by atoms with Crippen LogP contribution < -0.4 is 0 Å². The highest BCUT2D eigenvalue weighted by atomic mass is 35.5. The molecule has 0 heterocycles. The summed E-state index contributed by atoms with van der Waals surface area (Å²) in [5, 5.41) is 0.449. The lowest BCUT2D eigenvalue weighted by molar-refractivity contribution is 0.358. The zero-order valence-corrected chi connectivity index (χ0v) is 12.1. The molecule has 0 spiro atoms. The van der Waals surface area contributed by atoms with Crippen molar-refractivity contribution in [2.45, 2.75) is 81.9 Å². The topological polar surface area (TPSA) is 0 Å². The van der Waals surface area contributed by atoms with Gasteiger partial charge in [-0.15, -0.1) is 23.2 Å². The van der Waals surface area contributed by atoms with E-state index < -0.39 is 0 Å². The first-order valence-electron chi connectivity index (χ1n) is 7.02. The van der Waals surface area contributed by atoms with Gasteiger partial charge in [0.05, 0.1) is 5.38 Å². The lowest BCUT2D eigenvalue weighted by Gasteiger charge is -2.28. The molecule has 2 saturated carbocycles. The van der Waals surface area contributed by atoms with Crippen molar-refractivity contribution < 1.29 is 0 Å². The van der Waals surface area contributed by atoms with E-state index in [4.69, 9.17) is 23.2 Å². The molecule has 0 nitrogen and oxygen atoms in total. The van der Waals surface area contributed by atoms with E-state index in [1.807, 2.05) is 0 Å². The fourth-order valence-corrected chi connectivity index (χ4v) is 3.20. The monoisotopic (exact) mass is 264 g/mol. The van der Waals surface area contributed by atoms with Gasteiger partial charge in [-0.05, 0) is 25.2 Å². The van der Waals surface area contributed by atoms with Crippen molar-refractivity contribution in [1.82, 2.24) is 0 Å². The first kappa shape index (κ1) is 14.6. The smallest absolute Gasteiger partial charge is 0.0502 e. The number of halogens is 2. The third kappa shape index (κ3) is 5.77. The SMILES string of the molecule is C1CCCCC1.CCC1CCC(Cl)C(Cl)C1. The molecule has 3 unspecified atom stereocenters. The second-order valence-electron chi connectivity index (χ2n) is 5.24. The first-order chi connectivity index (χ1) is 7.74. The second kappa shape index (κ2) is 8.64. The van der Waals surface area contributed by atoms with E-state index in [1.54, 1.807) is 0 Å². The van der Waals surface area contributed by atoms with E-state index in [9.17, 15) is 0 Å². The summed E-state index contributed by atoms with van der Waals surface area (Å²) in [5.74, 6) is 0.831. The third-order valence-electron chi connectivity index (χ3n) is 3.88. The quantitative estimate of drug-likeness (QED) is 0.529. The van der Waals surface area contributed by atoms with E-state index in [1.165, 1.54) is 51.4 Å². The number of rotatable bonds is 1. The Morgan fingerprint density at radius 3 is 1.69 bits per heavy atom. The van der Waals surface area contributed by atoms with Gasteiger partial charge in [-0.25, -0.2) is 0 Å². The van der Waals surface area contributed by atoms with Crippen LogP contribution in [0.4, 0.5) is 0 Å². The summed E-state index contributed by atoms with van der Waals surface area (Å²) >= 11 is 12.0. The lowest BCUT2D eigenvalue weighted by atomic mass is 9.87. The van der Waals surface area contributed by atoms with Crippen LogP contribution in [-0.4, -0.2) is 10.8 Å². The molecule has 0 N–H and O–H groups in total. The third-order valence-corrected chi connectivity index (χ3v) is 5.01. The van der Waals surface area contributed by atoms with E-state index in [0.29, 0.717) is 0 Å². The van der Waals surface area contributed by atoms with E-state index in [0.717, 1.165) is 18.8 Å². The molecular weight excluding hydrogens is 239 g/mol. The molecule has 0 aliphatic heterocycles. The Morgan fingerprint density at radius 2 is 1.31 bits per heavy atom. The molecule has 2 fully saturated rings. The van der Waals surface area contributed by atoms with Crippen LogP contribution in [0.15, 0.2) is 0 Å². The molecule has 3 atom stereocenters. The highest BCUT2D eigenvalue weighted by molar-refractivity contribution is 6.30. The molecule has 0 amide bonds. The minimum Gasteiger partial charge on any atom is -0.121 e. The minimum absolute atomic E-state index is 0.223. The van der Waals surface area contributed by atoms with Gasteiger partial charge in [-0.1, -0.05) is 51.9 Å². The molecule has 0 saturated heterocycles.